The Labute approximate surface area is 113 Å². The van der Waals surface area contributed by atoms with Gasteiger partial charge in [0.25, 0.3) is 0 Å². The summed E-state index contributed by atoms with van der Waals surface area (Å²) in [7, 11) is 0. The molecule has 1 aromatic carbocycles. The molecule has 0 fully saturated rings. The summed E-state index contributed by atoms with van der Waals surface area (Å²) in [6, 6.07) is 13.4. The van der Waals surface area contributed by atoms with Gasteiger partial charge in [0.05, 0.1) is 0 Å². The van der Waals surface area contributed by atoms with Crippen LogP contribution in [0.5, 0.6) is 0 Å². The van der Waals surface area contributed by atoms with E-state index in [4.69, 9.17) is 4.74 Å². The zero-order valence-corrected chi connectivity index (χ0v) is 11.4. The van der Waals surface area contributed by atoms with Crippen molar-refractivity contribution >= 4 is 5.97 Å². The van der Waals surface area contributed by atoms with Crippen LogP contribution in [0.2, 0.25) is 0 Å². The Balaban J connectivity index is 2.40. The van der Waals surface area contributed by atoms with Gasteiger partial charge >= 0.3 is 5.97 Å². The largest absolute Gasteiger partial charge is 0.455 e. The molecular weight excluding hydrogens is 238 g/mol. The van der Waals surface area contributed by atoms with Gasteiger partial charge in [-0.05, 0) is 32.4 Å². The van der Waals surface area contributed by atoms with Gasteiger partial charge < -0.3 is 4.74 Å². The molecule has 98 valence electrons. The van der Waals surface area contributed by atoms with Gasteiger partial charge in [0.1, 0.15) is 5.60 Å². The van der Waals surface area contributed by atoms with Crippen molar-refractivity contribution in [1.82, 2.24) is 4.98 Å². The molecule has 19 heavy (non-hydrogen) atoms. The summed E-state index contributed by atoms with van der Waals surface area (Å²) in [5.74, 6) is -0.396. The minimum Gasteiger partial charge on any atom is -0.455 e. The summed E-state index contributed by atoms with van der Waals surface area (Å²) < 4.78 is 5.38. The summed E-state index contributed by atoms with van der Waals surface area (Å²) >= 11 is 0. The van der Waals surface area contributed by atoms with Crippen LogP contribution in [0.3, 0.4) is 0 Å². The van der Waals surface area contributed by atoms with Crippen LogP contribution in [0.25, 0.3) is 11.1 Å². The number of esters is 1. The molecule has 0 aliphatic rings. The van der Waals surface area contributed by atoms with Crippen molar-refractivity contribution in [3.8, 4) is 11.1 Å². The van der Waals surface area contributed by atoms with E-state index in [1.807, 2.05) is 63.2 Å². The van der Waals surface area contributed by atoms with Gasteiger partial charge in [0, 0.05) is 11.8 Å². The van der Waals surface area contributed by atoms with Crippen LogP contribution in [0.1, 0.15) is 31.3 Å². The third-order valence-electron chi connectivity index (χ3n) is 2.48. The smallest absolute Gasteiger partial charge is 0.358 e. The van der Waals surface area contributed by atoms with Crippen LogP contribution in [0.15, 0.2) is 48.7 Å². The number of rotatable bonds is 2. The van der Waals surface area contributed by atoms with Gasteiger partial charge in [0.2, 0.25) is 0 Å². The molecule has 0 radical (unpaired) electrons. The van der Waals surface area contributed by atoms with Crippen LogP contribution < -0.4 is 0 Å². The van der Waals surface area contributed by atoms with Crippen LogP contribution in [0, 0.1) is 0 Å². The Morgan fingerprint density at radius 3 is 2.37 bits per heavy atom. The van der Waals surface area contributed by atoms with E-state index in [-0.39, 0.29) is 0 Å². The first-order valence-electron chi connectivity index (χ1n) is 6.21. The molecule has 2 rings (SSSR count). The third-order valence-corrected chi connectivity index (χ3v) is 2.48. The molecule has 3 heteroatoms. The number of nitrogens with zero attached hydrogens (tertiary/aromatic N) is 1. The van der Waals surface area contributed by atoms with Crippen LogP contribution in [-0.2, 0) is 4.74 Å². The first-order chi connectivity index (χ1) is 8.97. The average Bonchev–Trinajstić information content (AvgIpc) is 2.38. The highest BCUT2D eigenvalue weighted by atomic mass is 16.6. The number of hydrogen-bond acceptors (Lipinski definition) is 3. The highest BCUT2D eigenvalue weighted by molar-refractivity contribution is 5.95. The van der Waals surface area contributed by atoms with Crippen molar-refractivity contribution in [3.63, 3.8) is 0 Å². The maximum absolute atomic E-state index is 12.2. The lowest BCUT2D eigenvalue weighted by Gasteiger charge is -2.20. The Kier molecular flexibility index (Phi) is 3.65. The van der Waals surface area contributed by atoms with Crippen molar-refractivity contribution in [3.05, 3.63) is 54.4 Å². The fourth-order valence-corrected chi connectivity index (χ4v) is 1.75. The average molecular weight is 255 g/mol. The molecule has 0 saturated heterocycles. The second-order valence-electron chi connectivity index (χ2n) is 5.27. The Morgan fingerprint density at radius 2 is 1.74 bits per heavy atom. The molecule has 0 unspecified atom stereocenters. The quantitative estimate of drug-likeness (QED) is 0.768. The number of hydrogen-bond donors (Lipinski definition) is 0. The Morgan fingerprint density at radius 1 is 1.05 bits per heavy atom. The summed E-state index contributed by atoms with van der Waals surface area (Å²) in [4.78, 5) is 16.3. The minimum atomic E-state index is -0.525. The number of pyridine rings is 1. The number of aromatic nitrogens is 1. The summed E-state index contributed by atoms with van der Waals surface area (Å²) in [5, 5.41) is 0. The molecule has 0 atom stereocenters. The molecule has 0 aliphatic heterocycles. The number of benzene rings is 1. The molecule has 0 spiro atoms. The molecular formula is C16H17NO2. The minimum absolute atomic E-state index is 0.351. The number of ether oxygens (including phenoxy) is 1. The molecule has 0 N–H and O–H groups in total. The standard InChI is InChI=1S/C16H17NO2/c1-16(2,3)19-15(18)14-13(10-7-11-17-14)12-8-5-4-6-9-12/h4-11H,1-3H3. The fraction of sp³-hybridized carbons (Fsp3) is 0.250. The third kappa shape index (κ3) is 3.41. The van der Waals surface area contributed by atoms with Gasteiger partial charge in [-0.15, -0.1) is 0 Å². The number of carbonyl (C=O) groups is 1. The van der Waals surface area contributed by atoms with Gasteiger partial charge in [0.15, 0.2) is 5.69 Å². The summed E-state index contributed by atoms with van der Waals surface area (Å²) in [5.41, 5.74) is 1.57. The van der Waals surface area contributed by atoms with Gasteiger partial charge in [-0.25, -0.2) is 9.78 Å². The van der Waals surface area contributed by atoms with Crippen LogP contribution in [0.4, 0.5) is 0 Å². The summed E-state index contributed by atoms with van der Waals surface area (Å²) in [6.45, 7) is 5.53. The van der Waals surface area contributed by atoms with E-state index in [1.54, 1.807) is 6.20 Å². The van der Waals surface area contributed by atoms with E-state index >= 15 is 0 Å². The van der Waals surface area contributed by atoms with E-state index in [1.165, 1.54) is 0 Å². The molecule has 0 saturated carbocycles. The monoisotopic (exact) mass is 255 g/mol. The molecule has 1 heterocycles. The lowest BCUT2D eigenvalue weighted by molar-refractivity contribution is 0.00639. The predicted molar refractivity (Wildman–Crippen MR) is 74.8 cm³/mol. The van der Waals surface area contributed by atoms with Crippen molar-refractivity contribution in [1.29, 1.82) is 0 Å². The van der Waals surface area contributed by atoms with Gasteiger partial charge in [-0.3, -0.25) is 0 Å². The van der Waals surface area contributed by atoms with Crippen molar-refractivity contribution in [2.75, 3.05) is 0 Å². The molecule has 0 bridgehead atoms. The molecule has 3 nitrogen and oxygen atoms in total. The second-order valence-corrected chi connectivity index (χ2v) is 5.27. The SMILES string of the molecule is CC(C)(C)OC(=O)c1ncccc1-c1ccccc1. The van der Waals surface area contributed by atoms with Gasteiger partial charge in [-0.1, -0.05) is 36.4 Å². The van der Waals surface area contributed by atoms with E-state index in [2.05, 4.69) is 4.98 Å². The molecule has 1 aromatic heterocycles. The maximum atomic E-state index is 12.2. The lowest BCUT2D eigenvalue weighted by Crippen LogP contribution is -2.24. The normalized spacial score (nSPS) is 11.1. The van der Waals surface area contributed by atoms with E-state index in [9.17, 15) is 4.79 Å². The van der Waals surface area contributed by atoms with Crippen molar-refractivity contribution in [2.45, 2.75) is 26.4 Å². The van der Waals surface area contributed by atoms with E-state index in [0.29, 0.717) is 5.69 Å². The van der Waals surface area contributed by atoms with Crippen LogP contribution >= 0.6 is 0 Å². The van der Waals surface area contributed by atoms with E-state index < -0.39 is 11.6 Å². The molecule has 0 aliphatic carbocycles. The fourth-order valence-electron chi connectivity index (χ4n) is 1.75. The Hall–Kier alpha value is -2.16. The topological polar surface area (TPSA) is 39.2 Å². The first kappa shape index (κ1) is 13.3. The zero-order chi connectivity index (χ0) is 13.9. The zero-order valence-electron chi connectivity index (χ0n) is 11.4. The first-order valence-corrected chi connectivity index (χ1v) is 6.21. The highest BCUT2D eigenvalue weighted by Crippen LogP contribution is 2.23. The highest BCUT2D eigenvalue weighted by Gasteiger charge is 2.21. The van der Waals surface area contributed by atoms with Crippen LogP contribution in [-0.4, -0.2) is 16.6 Å². The van der Waals surface area contributed by atoms with Crippen molar-refractivity contribution in [2.24, 2.45) is 0 Å². The molecule has 2 aromatic rings. The Bertz CT molecular complexity index is 571. The molecule has 0 amide bonds. The maximum Gasteiger partial charge on any atom is 0.358 e. The lowest BCUT2D eigenvalue weighted by atomic mass is 10.0. The van der Waals surface area contributed by atoms with E-state index in [0.717, 1.165) is 11.1 Å². The second kappa shape index (κ2) is 5.22. The van der Waals surface area contributed by atoms with Crippen molar-refractivity contribution < 1.29 is 9.53 Å². The summed E-state index contributed by atoms with van der Waals surface area (Å²) in [6.07, 6.45) is 1.60. The number of carbonyl (C=O) groups excluding carboxylic acids is 1. The van der Waals surface area contributed by atoms with Gasteiger partial charge in [-0.2, -0.15) is 0 Å². The predicted octanol–water partition coefficient (Wildman–Crippen LogP) is 3.70.